The quantitative estimate of drug-likeness (QED) is 0.568. The number of halogens is 1. The summed E-state index contributed by atoms with van der Waals surface area (Å²) in [5.74, 6) is -1.10. The zero-order valence-corrected chi connectivity index (χ0v) is 10.6. The van der Waals surface area contributed by atoms with Gasteiger partial charge in [-0.2, -0.15) is 0 Å². The van der Waals surface area contributed by atoms with E-state index in [4.69, 9.17) is 9.47 Å². The second-order valence-electron chi connectivity index (χ2n) is 3.68. The molecule has 1 fully saturated rings. The Balaban J connectivity index is 2.78. The molecule has 0 radical (unpaired) electrons. The predicted octanol–water partition coefficient (Wildman–Crippen LogP) is 1.51. The van der Waals surface area contributed by atoms with Gasteiger partial charge in [-0.1, -0.05) is 22.9 Å². The number of cyclic esters (lactones) is 1. The van der Waals surface area contributed by atoms with Gasteiger partial charge in [0, 0.05) is 0 Å². The molecule has 0 spiro atoms. The molecule has 0 unspecified atom stereocenters. The molecule has 0 amide bonds. The Labute approximate surface area is 97.4 Å². The van der Waals surface area contributed by atoms with Crippen molar-refractivity contribution < 1.29 is 19.1 Å². The SMILES string of the molecule is CCOC(=O)[C@H]1[C@@H](C)[C@H](Br)C(=O)O[C@@H]1C. The van der Waals surface area contributed by atoms with E-state index in [0.29, 0.717) is 6.61 Å². The molecule has 1 saturated heterocycles. The summed E-state index contributed by atoms with van der Waals surface area (Å²) in [5.41, 5.74) is 0. The summed E-state index contributed by atoms with van der Waals surface area (Å²) >= 11 is 3.22. The molecule has 5 heteroatoms. The lowest BCUT2D eigenvalue weighted by Crippen LogP contribution is -2.47. The van der Waals surface area contributed by atoms with Crippen molar-refractivity contribution in [2.24, 2.45) is 11.8 Å². The van der Waals surface area contributed by atoms with Gasteiger partial charge in [0.2, 0.25) is 0 Å². The molecule has 0 aromatic heterocycles. The number of hydrogen-bond donors (Lipinski definition) is 0. The molecular weight excluding hydrogens is 264 g/mol. The van der Waals surface area contributed by atoms with Gasteiger partial charge in [-0.15, -0.1) is 0 Å². The van der Waals surface area contributed by atoms with E-state index in [-0.39, 0.29) is 23.8 Å². The van der Waals surface area contributed by atoms with Crippen LogP contribution in [0.15, 0.2) is 0 Å². The molecule has 4 nitrogen and oxygen atoms in total. The predicted molar refractivity (Wildman–Crippen MR) is 57.6 cm³/mol. The Bertz CT molecular complexity index is 266. The van der Waals surface area contributed by atoms with Crippen LogP contribution in [0.2, 0.25) is 0 Å². The van der Waals surface area contributed by atoms with E-state index in [1.807, 2.05) is 6.92 Å². The molecule has 0 aliphatic carbocycles. The van der Waals surface area contributed by atoms with Crippen molar-refractivity contribution in [2.45, 2.75) is 31.7 Å². The van der Waals surface area contributed by atoms with Gasteiger partial charge in [-0.05, 0) is 19.8 Å². The molecule has 0 aromatic carbocycles. The average Bonchev–Trinajstić information content (AvgIpc) is 2.15. The minimum atomic E-state index is -0.428. The zero-order valence-electron chi connectivity index (χ0n) is 9.03. The fourth-order valence-corrected chi connectivity index (χ4v) is 2.23. The molecule has 0 N–H and O–H groups in total. The summed E-state index contributed by atoms with van der Waals surface area (Å²) in [5, 5.41) is 0. The number of rotatable bonds is 2. The highest BCUT2D eigenvalue weighted by Gasteiger charge is 2.44. The molecule has 4 atom stereocenters. The third-order valence-corrected chi connectivity index (χ3v) is 3.83. The normalized spacial score (nSPS) is 35.9. The van der Waals surface area contributed by atoms with Crippen molar-refractivity contribution in [3.63, 3.8) is 0 Å². The lowest BCUT2D eigenvalue weighted by molar-refractivity contribution is -0.171. The molecule has 0 saturated carbocycles. The van der Waals surface area contributed by atoms with Crippen LogP contribution in [-0.2, 0) is 19.1 Å². The first-order chi connectivity index (χ1) is 6.99. The van der Waals surface area contributed by atoms with Crippen molar-refractivity contribution in [3.05, 3.63) is 0 Å². The Kier molecular flexibility index (Phi) is 4.13. The Morgan fingerprint density at radius 2 is 2.13 bits per heavy atom. The van der Waals surface area contributed by atoms with Crippen molar-refractivity contribution in [1.82, 2.24) is 0 Å². The lowest BCUT2D eigenvalue weighted by Gasteiger charge is -2.34. The molecular formula is C10H15BrO4. The van der Waals surface area contributed by atoms with E-state index < -0.39 is 10.9 Å². The van der Waals surface area contributed by atoms with Crippen molar-refractivity contribution >= 4 is 27.9 Å². The van der Waals surface area contributed by atoms with Crippen LogP contribution in [0.25, 0.3) is 0 Å². The smallest absolute Gasteiger partial charge is 0.320 e. The molecule has 1 aliphatic heterocycles. The van der Waals surface area contributed by atoms with Crippen LogP contribution in [0.4, 0.5) is 0 Å². The fraction of sp³-hybridized carbons (Fsp3) is 0.800. The minimum absolute atomic E-state index is 0.111. The summed E-state index contributed by atoms with van der Waals surface area (Å²) in [4.78, 5) is 22.5. The third kappa shape index (κ3) is 2.51. The van der Waals surface area contributed by atoms with Gasteiger partial charge in [-0.25, -0.2) is 0 Å². The van der Waals surface area contributed by atoms with Crippen molar-refractivity contribution in [3.8, 4) is 0 Å². The number of carbonyl (C=O) groups excluding carboxylic acids is 2. The highest BCUT2D eigenvalue weighted by Crippen LogP contribution is 2.32. The first-order valence-electron chi connectivity index (χ1n) is 5.00. The summed E-state index contributed by atoms with van der Waals surface area (Å²) in [7, 11) is 0. The van der Waals surface area contributed by atoms with E-state index in [2.05, 4.69) is 15.9 Å². The second kappa shape index (κ2) is 4.96. The Morgan fingerprint density at radius 1 is 1.53 bits per heavy atom. The second-order valence-corrected chi connectivity index (χ2v) is 4.67. The van der Waals surface area contributed by atoms with Crippen LogP contribution in [-0.4, -0.2) is 29.5 Å². The van der Waals surface area contributed by atoms with Crippen LogP contribution in [0.1, 0.15) is 20.8 Å². The van der Waals surface area contributed by atoms with E-state index in [1.165, 1.54) is 0 Å². The molecule has 0 aromatic rings. The first kappa shape index (κ1) is 12.5. The maximum absolute atomic E-state index is 11.6. The van der Waals surface area contributed by atoms with Gasteiger partial charge in [-0.3, -0.25) is 9.59 Å². The summed E-state index contributed by atoms with van der Waals surface area (Å²) < 4.78 is 10.0. The first-order valence-corrected chi connectivity index (χ1v) is 5.91. The monoisotopic (exact) mass is 278 g/mol. The van der Waals surface area contributed by atoms with Gasteiger partial charge in [0.1, 0.15) is 10.9 Å². The number of alkyl halides is 1. The standard InChI is InChI=1S/C10H15BrO4/c1-4-14-9(12)7-5(2)8(11)10(13)15-6(7)3/h5-8H,4H2,1-3H3/t5-,6-,7+,8+/m1/s1. The van der Waals surface area contributed by atoms with Crippen LogP contribution in [0.3, 0.4) is 0 Å². The molecule has 1 aliphatic rings. The van der Waals surface area contributed by atoms with Gasteiger partial charge in [0.25, 0.3) is 0 Å². The largest absolute Gasteiger partial charge is 0.466 e. The molecule has 1 heterocycles. The zero-order chi connectivity index (χ0) is 11.6. The van der Waals surface area contributed by atoms with E-state index in [0.717, 1.165) is 0 Å². The van der Waals surface area contributed by atoms with Crippen LogP contribution in [0, 0.1) is 11.8 Å². The van der Waals surface area contributed by atoms with Gasteiger partial charge >= 0.3 is 11.9 Å². The maximum atomic E-state index is 11.6. The minimum Gasteiger partial charge on any atom is -0.466 e. The maximum Gasteiger partial charge on any atom is 0.320 e. The number of ether oxygens (including phenoxy) is 2. The Morgan fingerprint density at radius 3 is 2.67 bits per heavy atom. The van der Waals surface area contributed by atoms with E-state index in [9.17, 15) is 9.59 Å². The van der Waals surface area contributed by atoms with Crippen LogP contribution in [0.5, 0.6) is 0 Å². The average molecular weight is 279 g/mol. The van der Waals surface area contributed by atoms with Crippen LogP contribution >= 0.6 is 15.9 Å². The molecule has 15 heavy (non-hydrogen) atoms. The number of carbonyl (C=O) groups is 2. The van der Waals surface area contributed by atoms with Gasteiger partial charge in [0.15, 0.2) is 0 Å². The lowest BCUT2D eigenvalue weighted by atomic mass is 9.85. The molecule has 1 rings (SSSR count). The van der Waals surface area contributed by atoms with Gasteiger partial charge in [0.05, 0.1) is 12.5 Å². The number of hydrogen-bond acceptors (Lipinski definition) is 4. The summed E-state index contributed by atoms with van der Waals surface area (Å²) in [6.07, 6.45) is -0.416. The topological polar surface area (TPSA) is 52.6 Å². The fourth-order valence-electron chi connectivity index (χ4n) is 1.79. The Hall–Kier alpha value is -0.580. The molecule has 0 bridgehead atoms. The summed E-state index contributed by atoms with van der Waals surface area (Å²) in [6.45, 7) is 5.66. The highest BCUT2D eigenvalue weighted by molar-refractivity contribution is 9.10. The van der Waals surface area contributed by atoms with Crippen LogP contribution < -0.4 is 0 Å². The van der Waals surface area contributed by atoms with Crippen molar-refractivity contribution in [1.29, 1.82) is 0 Å². The third-order valence-electron chi connectivity index (χ3n) is 2.62. The van der Waals surface area contributed by atoms with E-state index in [1.54, 1.807) is 13.8 Å². The number of esters is 2. The highest BCUT2D eigenvalue weighted by atomic mass is 79.9. The molecule has 86 valence electrons. The summed E-state index contributed by atoms with van der Waals surface area (Å²) in [6, 6.07) is 0. The van der Waals surface area contributed by atoms with Gasteiger partial charge < -0.3 is 9.47 Å². The van der Waals surface area contributed by atoms with E-state index >= 15 is 0 Å². The van der Waals surface area contributed by atoms with Crippen molar-refractivity contribution in [2.75, 3.05) is 6.61 Å².